The molecule has 0 unspecified atom stereocenters. The van der Waals surface area contributed by atoms with Crippen molar-refractivity contribution in [3.8, 4) is 11.5 Å². The van der Waals surface area contributed by atoms with E-state index in [9.17, 15) is 14.7 Å². The molecule has 1 aliphatic heterocycles. The van der Waals surface area contributed by atoms with Gasteiger partial charge in [-0.15, -0.1) is 0 Å². The SMILES string of the molecule is CCOc1cc(/C=C2\SC(N)=NC2=O)ccc1OCC(=O)[O-]. The van der Waals surface area contributed by atoms with Crippen molar-refractivity contribution in [1.82, 2.24) is 0 Å². The highest BCUT2D eigenvalue weighted by atomic mass is 32.2. The molecule has 0 atom stereocenters. The average molecular weight is 321 g/mol. The van der Waals surface area contributed by atoms with E-state index in [2.05, 4.69) is 4.99 Å². The quantitative estimate of drug-likeness (QED) is 0.741. The summed E-state index contributed by atoms with van der Waals surface area (Å²) in [5.41, 5.74) is 6.17. The van der Waals surface area contributed by atoms with Gasteiger partial charge in [0.2, 0.25) is 0 Å². The fourth-order valence-electron chi connectivity index (χ4n) is 1.72. The van der Waals surface area contributed by atoms with E-state index < -0.39 is 18.5 Å². The molecule has 0 aliphatic carbocycles. The van der Waals surface area contributed by atoms with Crippen molar-refractivity contribution in [1.29, 1.82) is 0 Å². The van der Waals surface area contributed by atoms with Gasteiger partial charge < -0.3 is 25.1 Å². The molecular weight excluding hydrogens is 308 g/mol. The van der Waals surface area contributed by atoms with Crippen molar-refractivity contribution in [2.45, 2.75) is 6.92 Å². The molecule has 116 valence electrons. The zero-order valence-corrected chi connectivity index (χ0v) is 12.5. The Morgan fingerprint density at radius 2 is 2.18 bits per heavy atom. The Kier molecular flexibility index (Phi) is 5.05. The van der Waals surface area contributed by atoms with Crippen molar-refractivity contribution < 1.29 is 24.2 Å². The van der Waals surface area contributed by atoms with Crippen LogP contribution in [0.3, 0.4) is 0 Å². The highest BCUT2D eigenvalue weighted by Gasteiger charge is 2.19. The summed E-state index contributed by atoms with van der Waals surface area (Å²) in [7, 11) is 0. The number of amidine groups is 1. The van der Waals surface area contributed by atoms with Gasteiger partial charge in [-0.25, -0.2) is 0 Å². The van der Waals surface area contributed by atoms with Crippen LogP contribution in [-0.2, 0) is 9.59 Å². The van der Waals surface area contributed by atoms with E-state index in [1.54, 1.807) is 31.2 Å². The first-order valence-corrected chi connectivity index (χ1v) is 7.18. The number of nitrogens with zero attached hydrogens (tertiary/aromatic N) is 1. The minimum absolute atomic E-state index is 0.204. The van der Waals surface area contributed by atoms with E-state index in [-0.39, 0.29) is 10.9 Å². The van der Waals surface area contributed by atoms with Gasteiger partial charge in [-0.2, -0.15) is 4.99 Å². The van der Waals surface area contributed by atoms with Crippen LogP contribution in [0.2, 0.25) is 0 Å². The molecule has 22 heavy (non-hydrogen) atoms. The number of carboxylic acid groups (broad SMARTS) is 1. The van der Waals surface area contributed by atoms with Gasteiger partial charge in [0.25, 0.3) is 5.91 Å². The Morgan fingerprint density at radius 3 is 2.77 bits per heavy atom. The molecule has 1 aliphatic rings. The lowest BCUT2D eigenvalue weighted by Crippen LogP contribution is -2.29. The van der Waals surface area contributed by atoms with Crippen LogP contribution in [0.5, 0.6) is 11.5 Å². The highest BCUT2D eigenvalue weighted by Crippen LogP contribution is 2.32. The van der Waals surface area contributed by atoms with Crippen LogP contribution in [0.4, 0.5) is 0 Å². The van der Waals surface area contributed by atoms with Crippen LogP contribution in [0, 0.1) is 0 Å². The minimum atomic E-state index is -1.32. The lowest BCUT2D eigenvalue weighted by atomic mass is 10.2. The van der Waals surface area contributed by atoms with Crippen molar-refractivity contribution in [2.75, 3.05) is 13.2 Å². The number of aliphatic imine (C=N–C) groups is 1. The summed E-state index contributed by atoms with van der Waals surface area (Å²) in [5, 5.41) is 10.7. The zero-order chi connectivity index (χ0) is 16.1. The van der Waals surface area contributed by atoms with Gasteiger partial charge in [0.05, 0.1) is 17.5 Å². The van der Waals surface area contributed by atoms with Gasteiger partial charge in [0.1, 0.15) is 6.61 Å². The highest BCUT2D eigenvalue weighted by molar-refractivity contribution is 8.18. The Hall–Kier alpha value is -2.48. The van der Waals surface area contributed by atoms with Crippen LogP contribution in [-0.4, -0.2) is 30.3 Å². The Labute approximate surface area is 130 Å². The molecule has 1 heterocycles. The number of carbonyl (C=O) groups excluding carboxylic acids is 2. The van der Waals surface area contributed by atoms with E-state index in [4.69, 9.17) is 15.2 Å². The van der Waals surface area contributed by atoms with Gasteiger partial charge in [0.15, 0.2) is 16.7 Å². The van der Waals surface area contributed by atoms with Crippen molar-refractivity contribution >= 4 is 34.9 Å². The number of carbonyl (C=O) groups is 2. The van der Waals surface area contributed by atoms with Crippen LogP contribution < -0.4 is 20.3 Å². The molecule has 0 spiro atoms. The molecule has 0 aromatic heterocycles. The molecule has 0 fully saturated rings. The molecule has 0 radical (unpaired) electrons. The summed E-state index contributed by atoms with van der Waals surface area (Å²) in [5.74, 6) is -1.05. The lowest BCUT2D eigenvalue weighted by molar-refractivity contribution is -0.307. The molecule has 2 N–H and O–H groups in total. The third kappa shape index (κ3) is 4.01. The first-order valence-electron chi connectivity index (χ1n) is 6.37. The number of nitrogens with two attached hydrogens (primary N) is 1. The number of amides is 1. The van der Waals surface area contributed by atoms with Gasteiger partial charge in [0, 0.05) is 0 Å². The number of hydrogen-bond donors (Lipinski definition) is 1. The monoisotopic (exact) mass is 321 g/mol. The fraction of sp³-hybridized carbons (Fsp3) is 0.214. The average Bonchev–Trinajstić information content (AvgIpc) is 2.76. The maximum atomic E-state index is 11.6. The van der Waals surface area contributed by atoms with E-state index >= 15 is 0 Å². The number of carboxylic acids is 1. The van der Waals surface area contributed by atoms with Gasteiger partial charge in [-0.3, -0.25) is 4.79 Å². The minimum Gasteiger partial charge on any atom is -0.546 e. The number of thioether (sulfide) groups is 1. The molecular formula is C14H13N2O5S-. The van der Waals surface area contributed by atoms with Crippen LogP contribution in [0.1, 0.15) is 12.5 Å². The third-order valence-corrected chi connectivity index (χ3v) is 3.36. The summed E-state index contributed by atoms with van der Waals surface area (Å²) in [6.07, 6.45) is 1.63. The van der Waals surface area contributed by atoms with Gasteiger partial charge in [-0.05, 0) is 42.5 Å². The molecule has 7 nitrogen and oxygen atoms in total. The molecule has 0 bridgehead atoms. The largest absolute Gasteiger partial charge is 0.546 e. The van der Waals surface area contributed by atoms with E-state index in [1.807, 2.05) is 0 Å². The first kappa shape index (κ1) is 15.9. The molecule has 1 aromatic rings. The molecule has 0 saturated heterocycles. The fourth-order valence-corrected chi connectivity index (χ4v) is 2.40. The summed E-state index contributed by atoms with van der Waals surface area (Å²) < 4.78 is 10.5. The van der Waals surface area contributed by atoms with E-state index in [0.29, 0.717) is 22.8 Å². The molecule has 8 heteroatoms. The van der Waals surface area contributed by atoms with Gasteiger partial charge in [-0.1, -0.05) is 6.07 Å². The van der Waals surface area contributed by atoms with Crippen LogP contribution >= 0.6 is 11.8 Å². The van der Waals surface area contributed by atoms with Crippen molar-refractivity contribution in [2.24, 2.45) is 10.7 Å². The normalized spacial score (nSPS) is 15.8. The van der Waals surface area contributed by atoms with Crippen LogP contribution in [0.25, 0.3) is 6.08 Å². The maximum absolute atomic E-state index is 11.6. The number of ether oxygens (including phenoxy) is 2. The third-order valence-electron chi connectivity index (χ3n) is 2.55. The topological polar surface area (TPSA) is 114 Å². The smallest absolute Gasteiger partial charge is 0.286 e. The predicted octanol–water partition coefficient (Wildman–Crippen LogP) is 0.143. The molecule has 0 saturated carbocycles. The Bertz CT molecular complexity index is 669. The molecule has 1 amide bonds. The van der Waals surface area contributed by atoms with Crippen LogP contribution in [0.15, 0.2) is 28.1 Å². The maximum Gasteiger partial charge on any atom is 0.286 e. The Morgan fingerprint density at radius 1 is 1.41 bits per heavy atom. The standard InChI is InChI=1S/C14H14N2O5S/c1-2-20-10-5-8(3-4-9(10)21-7-12(17)18)6-11-13(19)16-14(15)22-11/h3-6H,2,7H2,1H3,(H,17,18)(H2,15,16,19)/p-1/b11-6-. The number of rotatable bonds is 6. The number of benzene rings is 1. The second-order valence-corrected chi connectivity index (χ2v) is 5.23. The second kappa shape index (κ2) is 6.99. The Balaban J connectivity index is 2.23. The van der Waals surface area contributed by atoms with Crippen molar-refractivity contribution in [3.05, 3.63) is 28.7 Å². The summed E-state index contributed by atoms with van der Waals surface area (Å²) in [4.78, 5) is 26.0. The number of hydrogen-bond acceptors (Lipinski definition) is 7. The van der Waals surface area contributed by atoms with E-state index in [0.717, 1.165) is 11.8 Å². The van der Waals surface area contributed by atoms with Crippen molar-refractivity contribution in [3.63, 3.8) is 0 Å². The van der Waals surface area contributed by atoms with E-state index in [1.165, 1.54) is 0 Å². The predicted molar refractivity (Wildman–Crippen MR) is 80.3 cm³/mol. The summed E-state index contributed by atoms with van der Waals surface area (Å²) in [6.45, 7) is 1.60. The molecule has 2 rings (SSSR count). The van der Waals surface area contributed by atoms with Gasteiger partial charge >= 0.3 is 0 Å². The summed E-state index contributed by atoms with van der Waals surface area (Å²) >= 11 is 1.09. The zero-order valence-electron chi connectivity index (χ0n) is 11.7. The first-order chi connectivity index (χ1) is 10.5. The second-order valence-electron chi connectivity index (χ2n) is 4.17. The number of aliphatic carboxylic acids is 1. The summed E-state index contributed by atoms with van der Waals surface area (Å²) in [6, 6.07) is 4.88. The lowest BCUT2D eigenvalue weighted by Gasteiger charge is -2.13. The molecule has 1 aromatic carbocycles.